The zero-order valence-corrected chi connectivity index (χ0v) is 10.6. The van der Waals surface area contributed by atoms with Crippen molar-refractivity contribution in [2.75, 3.05) is 6.61 Å². The Kier molecular flexibility index (Phi) is 4.56. The molecule has 18 heavy (non-hydrogen) atoms. The van der Waals surface area contributed by atoms with Crippen LogP contribution in [0.5, 0.6) is 5.88 Å². The summed E-state index contributed by atoms with van der Waals surface area (Å²) in [5.41, 5.74) is 0.771. The molecular weight excluding hydrogens is 245 g/mol. The normalized spacial score (nSPS) is 12.6. The van der Waals surface area contributed by atoms with E-state index in [2.05, 4.69) is 15.0 Å². The van der Waals surface area contributed by atoms with Gasteiger partial charge in [-0.2, -0.15) is 13.2 Å². The second-order valence-electron chi connectivity index (χ2n) is 5.01. The molecule has 0 fully saturated rings. The Balaban J connectivity index is 2.57. The first-order valence-electron chi connectivity index (χ1n) is 5.55. The van der Waals surface area contributed by atoms with Crippen LogP contribution in [0.3, 0.4) is 0 Å². The zero-order valence-electron chi connectivity index (χ0n) is 10.6. The first kappa shape index (κ1) is 14.8. The summed E-state index contributed by atoms with van der Waals surface area (Å²) in [5.74, 6) is -0.0134. The molecule has 1 N–H and O–H groups in total. The van der Waals surface area contributed by atoms with E-state index < -0.39 is 12.8 Å². The van der Waals surface area contributed by atoms with Crippen LogP contribution in [0.4, 0.5) is 13.2 Å². The second kappa shape index (κ2) is 5.56. The summed E-state index contributed by atoms with van der Waals surface area (Å²) < 4.78 is 40.5. The minimum atomic E-state index is -4.35. The van der Waals surface area contributed by atoms with Gasteiger partial charge in [0.1, 0.15) is 0 Å². The molecule has 0 bridgehead atoms. The van der Waals surface area contributed by atoms with Crippen molar-refractivity contribution < 1.29 is 17.9 Å². The predicted molar refractivity (Wildman–Crippen MR) is 62.4 cm³/mol. The number of nitrogens with one attached hydrogen (secondary N) is 1. The minimum Gasteiger partial charge on any atom is -0.468 e. The molecule has 0 radical (unpaired) electrons. The van der Waals surface area contributed by atoms with Crippen LogP contribution in [-0.2, 0) is 6.54 Å². The van der Waals surface area contributed by atoms with Crippen molar-refractivity contribution in [3.8, 4) is 5.88 Å². The van der Waals surface area contributed by atoms with Gasteiger partial charge >= 0.3 is 6.18 Å². The van der Waals surface area contributed by atoms with Crippen LogP contribution >= 0.6 is 0 Å². The predicted octanol–water partition coefficient (Wildman–Crippen LogP) is 2.91. The summed E-state index contributed by atoms with van der Waals surface area (Å²) in [6.45, 7) is 5.25. The van der Waals surface area contributed by atoms with Crippen LogP contribution in [0.1, 0.15) is 26.3 Å². The molecule has 0 amide bonds. The highest BCUT2D eigenvalue weighted by Gasteiger charge is 2.28. The van der Waals surface area contributed by atoms with E-state index in [-0.39, 0.29) is 11.4 Å². The summed E-state index contributed by atoms with van der Waals surface area (Å²) in [6, 6.07) is 3.24. The molecule has 1 rings (SSSR count). The van der Waals surface area contributed by atoms with Crippen molar-refractivity contribution >= 4 is 0 Å². The number of nitrogens with zero attached hydrogens (tertiary/aromatic N) is 1. The smallest absolute Gasteiger partial charge is 0.422 e. The number of hydrogen-bond donors (Lipinski definition) is 1. The van der Waals surface area contributed by atoms with Crippen LogP contribution in [0, 0.1) is 0 Å². The fourth-order valence-electron chi connectivity index (χ4n) is 1.16. The number of alkyl halides is 3. The highest BCUT2D eigenvalue weighted by atomic mass is 19.4. The Bertz CT molecular complexity index is 352. The van der Waals surface area contributed by atoms with Crippen LogP contribution in [0.15, 0.2) is 18.3 Å². The van der Waals surface area contributed by atoms with E-state index in [0.717, 1.165) is 5.56 Å². The summed E-state index contributed by atoms with van der Waals surface area (Å²) in [6.07, 6.45) is -2.91. The number of ether oxygens (including phenoxy) is 1. The second-order valence-corrected chi connectivity index (χ2v) is 5.01. The fraction of sp³-hybridized carbons (Fsp3) is 0.583. The van der Waals surface area contributed by atoms with Gasteiger partial charge in [-0.1, -0.05) is 0 Å². The number of halogens is 3. The van der Waals surface area contributed by atoms with Crippen molar-refractivity contribution in [2.24, 2.45) is 0 Å². The van der Waals surface area contributed by atoms with E-state index in [1.54, 1.807) is 6.07 Å². The summed E-state index contributed by atoms with van der Waals surface area (Å²) in [4.78, 5) is 3.74. The van der Waals surface area contributed by atoms with E-state index in [1.807, 2.05) is 20.8 Å². The summed E-state index contributed by atoms with van der Waals surface area (Å²) in [7, 11) is 0. The van der Waals surface area contributed by atoms with Crippen LogP contribution in [0.2, 0.25) is 0 Å². The van der Waals surface area contributed by atoms with Crippen molar-refractivity contribution in [3.63, 3.8) is 0 Å². The number of hydrogen-bond acceptors (Lipinski definition) is 3. The Morgan fingerprint density at radius 3 is 2.50 bits per heavy atom. The average molecular weight is 262 g/mol. The van der Waals surface area contributed by atoms with Gasteiger partial charge in [-0.05, 0) is 32.4 Å². The highest BCUT2D eigenvalue weighted by molar-refractivity contribution is 5.20. The van der Waals surface area contributed by atoms with E-state index in [0.29, 0.717) is 6.54 Å². The molecule has 1 heterocycles. The third-order valence-electron chi connectivity index (χ3n) is 2.01. The average Bonchev–Trinajstić information content (AvgIpc) is 2.22. The molecule has 0 saturated heterocycles. The number of aromatic nitrogens is 1. The van der Waals surface area contributed by atoms with Gasteiger partial charge in [-0.15, -0.1) is 0 Å². The van der Waals surface area contributed by atoms with Crippen molar-refractivity contribution in [1.82, 2.24) is 10.3 Å². The first-order valence-corrected chi connectivity index (χ1v) is 5.55. The molecule has 1 aromatic rings. The monoisotopic (exact) mass is 262 g/mol. The Labute approximate surface area is 104 Å². The first-order chi connectivity index (χ1) is 8.16. The molecule has 1 aromatic heterocycles. The molecule has 0 aliphatic rings. The minimum absolute atomic E-state index is 0.0134. The molecule has 0 aliphatic heterocycles. The molecule has 0 aliphatic carbocycles. The quantitative estimate of drug-likeness (QED) is 0.906. The zero-order chi connectivity index (χ0) is 13.8. The number of rotatable bonds is 4. The van der Waals surface area contributed by atoms with Gasteiger partial charge in [0, 0.05) is 24.3 Å². The van der Waals surface area contributed by atoms with Crippen LogP contribution in [-0.4, -0.2) is 23.3 Å². The number of pyridine rings is 1. The molecule has 102 valence electrons. The van der Waals surface area contributed by atoms with Crippen molar-refractivity contribution in [2.45, 2.75) is 39.0 Å². The van der Waals surface area contributed by atoms with Crippen molar-refractivity contribution in [1.29, 1.82) is 0 Å². The van der Waals surface area contributed by atoms with Crippen LogP contribution in [0.25, 0.3) is 0 Å². The Hall–Kier alpha value is -1.30. The van der Waals surface area contributed by atoms with Gasteiger partial charge in [0.15, 0.2) is 6.61 Å². The summed E-state index contributed by atoms with van der Waals surface area (Å²) in [5, 5.41) is 3.23. The lowest BCUT2D eigenvalue weighted by atomic mass is 10.1. The van der Waals surface area contributed by atoms with Gasteiger partial charge in [0.05, 0.1) is 0 Å². The lowest BCUT2D eigenvalue weighted by Gasteiger charge is -2.20. The largest absolute Gasteiger partial charge is 0.468 e. The van der Waals surface area contributed by atoms with Gasteiger partial charge in [0.2, 0.25) is 5.88 Å². The summed E-state index contributed by atoms with van der Waals surface area (Å²) >= 11 is 0. The van der Waals surface area contributed by atoms with Gasteiger partial charge in [0.25, 0.3) is 0 Å². The lowest BCUT2D eigenvalue weighted by molar-refractivity contribution is -0.154. The van der Waals surface area contributed by atoms with E-state index in [1.165, 1.54) is 12.3 Å². The SMILES string of the molecule is CC(C)(C)NCc1ccnc(OCC(F)(F)F)c1. The molecule has 0 spiro atoms. The Morgan fingerprint density at radius 2 is 1.94 bits per heavy atom. The highest BCUT2D eigenvalue weighted by Crippen LogP contribution is 2.17. The molecule has 0 atom stereocenters. The standard InChI is InChI=1S/C12H17F3N2O/c1-11(2,3)17-7-9-4-5-16-10(6-9)18-8-12(13,14)15/h4-6,17H,7-8H2,1-3H3. The van der Waals surface area contributed by atoms with Gasteiger partial charge in [-0.3, -0.25) is 0 Å². The maximum absolute atomic E-state index is 12.0. The van der Waals surface area contributed by atoms with Gasteiger partial charge < -0.3 is 10.1 Å². The molecule has 0 saturated carbocycles. The third-order valence-corrected chi connectivity index (χ3v) is 2.01. The van der Waals surface area contributed by atoms with Crippen molar-refractivity contribution in [3.05, 3.63) is 23.9 Å². The molecule has 0 aromatic carbocycles. The van der Waals surface area contributed by atoms with E-state index in [9.17, 15) is 13.2 Å². The maximum atomic E-state index is 12.0. The molecule has 6 heteroatoms. The van der Waals surface area contributed by atoms with Gasteiger partial charge in [-0.25, -0.2) is 4.98 Å². The van der Waals surface area contributed by atoms with E-state index >= 15 is 0 Å². The maximum Gasteiger partial charge on any atom is 0.422 e. The molecule has 0 unspecified atom stereocenters. The molecular formula is C12H17F3N2O. The lowest BCUT2D eigenvalue weighted by Crippen LogP contribution is -2.35. The van der Waals surface area contributed by atoms with Crippen LogP contribution < -0.4 is 10.1 Å². The third kappa shape index (κ3) is 6.44. The Morgan fingerprint density at radius 1 is 1.28 bits per heavy atom. The topological polar surface area (TPSA) is 34.2 Å². The molecule has 3 nitrogen and oxygen atoms in total. The van der Waals surface area contributed by atoms with E-state index in [4.69, 9.17) is 0 Å². The fourth-order valence-corrected chi connectivity index (χ4v) is 1.16.